The number of nitrogens with one attached hydrogen (secondary N) is 1. The minimum Gasteiger partial charge on any atom is -0.354 e. The highest BCUT2D eigenvalue weighted by Gasteiger charge is 1.99. The quantitative estimate of drug-likeness (QED) is 0.921. The van der Waals surface area contributed by atoms with E-state index in [-0.39, 0.29) is 0 Å². The molecule has 0 saturated heterocycles. The molecule has 0 aliphatic rings. The summed E-state index contributed by atoms with van der Waals surface area (Å²) in [6.45, 7) is 0.762. The largest absolute Gasteiger partial charge is 0.354 e. The first-order valence-electron chi connectivity index (χ1n) is 5.95. The van der Waals surface area contributed by atoms with Gasteiger partial charge in [0.2, 0.25) is 5.95 Å². The highest BCUT2D eigenvalue weighted by Crippen LogP contribution is 2.11. The number of benzene rings is 1. The van der Waals surface area contributed by atoms with Crippen LogP contribution in [0.4, 0.5) is 5.95 Å². The summed E-state index contributed by atoms with van der Waals surface area (Å²) in [6.07, 6.45) is 2.88. The number of hydrogen-bond donors (Lipinski definition) is 1. The third-order valence-corrected chi connectivity index (χ3v) is 3.11. The molecule has 0 bridgehead atoms. The molecule has 1 aromatic carbocycles. The molecule has 0 amide bonds. The van der Waals surface area contributed by atoms with Crippen LogP contribution in [-0.4, -0.2) is 16.5 Å². The number of nitriles is 1. The Morgan fingerprint density at radius 1 is 1.21 bits per heavy atom. The molecule has 1 aromatic heterocycles. The lowest BCUT2D eigenvalue weighted by Gasteiger charge is -2.05. The van der Waals surface area contributed by atoms with Crippen molar-refractivity contribution < 1.29 is 0 Å². The number of aromatic nitrogens is 2. The van der Waals surface area contributed by atoms with E-state index >= 15 is 0 Å². The van der Waals surface area contributed by atoms with E-state index in [2.05, 4.69) is 49.4 Å². The van der Waals surface area contributed by atoms with Crippen molar-refractivity contribution in [2.24, 2.45) is 0 Å². The van der Waals surface area contributed by atoms with Gasteiger partial charge < -0.3 is 5.32 Å². The maximum absolute atomic E-state index is 8.62. The van der Waals surface area contributed by atoms with Gasteiger partial charge in [-0.2, -0.15) is 5.26 Å². The normalized spacial score (nSPS) is 9.89. The van der Waals surface area contributed by atoms with Crippen LogP contribution >= 0.6 is 15.9 Å². The minimum absolute atomic E-state index is 0.309. The van der Waals surface area contributed by atoms with Crippen LogP contribution in [0, 0.1) is 11.3 Å². The maximum atomic E-state index is 8.62. The van der Waals surface area contributed by atoms with Crippen molar-refractivity contribution in [2.45, 2.75) is 12.8 Å². The topological polar surface area (TPSA) is 61.6 Å². The fourth-order valence-corrected chi connectivity index (χ4v) is 1.89. The lowest BCUT2D eigenvalue weighted by atomic mass is 10.1. The van der Waals surface area contributed by atoms with E-state index < -0.39 is 0 Å². The van der Waals surface area contributed by atoms with Crippen LogP contribution in [0.3, 0.4) is 0 Å². The highest BCUT2D eigenvalue weighted by atomic mass is 79.9. The summed E-state index contributed by atoms with van der Waals surface area (Å²) in [5.41, 5.74) is 1.99. The van der Waals surface area contributed by atoms with Gasteiger partial charge in [0, 0.05) is 17.2 Å². The zero-order valence-electron chi connectivity index (χ0n) is 10.3. The second-order valence-corrected chi connectivity index (χ2v) is 4.93. The Kier molecular flexibility index (Phi) is 4.87. The van der Waals surface area contributed by atoms with E-state index in [0.29, 0.717) is 12.4 Å². The zero-order valence-corrected chi connectivity index (χ0v) is 11.9. The minimum atomic E-state index is 0.309. The summed E-state index contributed by atoms with van der Waals surface area (Å²) in [5.74, 6) is 0.574. The molecule has 0 aliphatic carbocycles. The predicted molar refractivity (Wildman–Crippen MR) is 77.7 cm³/mol. The average molecular weight is 317 g/mol. The molecular formula is C14H13BrN4. The Morgan fingerprint density at radius 3 is 2.74 bits per heavy atom. The second-order valence-electron chi connectivity index (χ2n) is 4.01. The van der Waals surface area contributed by atoms with Gasteiger partial charge in [-0.1, -0.05) is 28.1 Å². The molecule has 4 nitrogen and oxygen atoms in total. The first-order valence-corrected chi connectivity index (χ1v) is 6.74. The first kappa shape index (κ1) is 13.5. The second kappa shape index (κ2) is 6.86. The number of hydrogen-bond acceptors (Lipinski definition) is 4. The summed E-state index contributed by atoms with van der Waals surface area (Å²) in [7, 11) is 0. The van der Waals surface area contributed by atoms with E-state index in [1.54, 1.807) is 12.3 Å². The van der Waals surface area contributed by atoms with Crippen LogP contribution in [0.1, 0.15) is 11.3 Å². The summed E-state index contributed by atoms with van der Waals surface area (Å²) >= 11 is 3.41. The molecule has 1 heterocycles. The molecule has 0 spiro atoms. The first-order chi connectivity index (χ1) is 9.28. The highest BCUT2D eigenvalue weighted by molar-refractivity contribution is 9.10. The zero-order chi connectivity index (χ0) is 13.5. The molecule has 2 rings (SSSR count). The van der Waals surface area contributed by atoms with Crippen molar-refractivity contribution in [3.8, 4) is 6.07 Å². The van der Waals surface area contributed by atoms with Crippen LogP contribution in [0.25, 0.3) is 0 Å². The van der Waals surface area contributed by atoms with Gasteiger partial charge in [0.15, 0.2) is 0 Å². The van der Waals surface area contributed by atoms with E-state index in [0.717, 1.165) is 23.1 Å². The summed E-state index contributed by atoms with van der Waals surface area (Å²) in [5, 5.41) is 11.8. The fourth-order valence-electron chi connectivity index (χ4n) is 1.63. The van der Waals surface area contributed by atoms with Crippen molar-refractivity contribution in [1.29, 1.82) is 5.26 Å². The molecular weight excluding hydrogens is 304 g/mol. The number of anilines is 1. The molecule has 5 heteroatoms. The molecule has 0 unspecified atom stereocenters. The van der Waals surface area contributed by atoms with Crippen molar-refractivity contribution in [2.75, 3.05) is 11.9 Å². The Morgan fingerprint density at radius 2 is 2.00 bits per heavy atom. The third-order valence-electron chi connectivity index (χ3n) is 2.58. The molecule has 0 atom stereocenters. The predicted octanol–water partition coefficient (Wildman–Crippen LogP) is 2.96. The number of halogens is 1. The molecule has 0 fully saturated rings. The number of rotatable bonds is 5. The van der Waals surface area contributed by atoms with Crippen LogP contribution in [0.5, 0.6) is 0 Å². The Hall–Kier alpha value is -1.93. The molecule has 2 aromatic rings. The maximum Gasteiger partial charge on any atom is 0.222 e. The van der Waals surface area contributed by atoms with Crippen molar-refractivity contribution in [3.05, 3.63) is 52.3 Å². The van der Waals surface area contributed by atoms with Crippen molar-refractivity contribution >= 4 is 21.9 Å². The van der Waals surface area contributed by atoms with E-state index in [1.807, 2.05) is 12.1 Å². The number of nitrogens with zero attached hydrogens (tertiary/aromatic N) is 3. The average Bonchev–Trinajstić information content (AvgIpc) is 2.42. The lowest BCUT2D eigenvalue weighted by Crippen LogP contribution is -2.08. The molecule has 96 valence electrons. The van der Waals surface area contributed by atoms with E-state index in [1.165, 1.54) is 5.56 Å². The van der Waals surface area contributed by atoms with Crippen LogP contribution in [0.15, 0.2) is 41.0 Å². The van der Waals surface area contributed by atoms with Gasteiger partial charge in [-0.25, -0.2) is 9.97 Å². The molecule has 0 saturated carbocycles. The monoisotopic (exact) mass is 316 g/mol. The van der Waals surface area contributed by atoms with E-state index in [9.17, 15) is 0 Å². The molecule has 0 aliphatic heterocycles. The van der Waals surface area contributed by atoms with Crippen LogP contribution in [-0.2, 0) is 12.8 Å². The van der Waals surface area contributed by atoms with Crippen molar-refractivity contribution in [3.63, 3.8) is 0 Å². The van der Waals surface area contributed by atoms with Gasteiger partial charge in [0.1, 0.15) is 0 Å². The molecule has 19 heavy (non-hydrogen) atoms. The third kappa shape index (κ3) is 4.34. The van der Waals surface area contributed by atoms with Gasteiger partial charge in [0.25, 0.3) is 0 Å². The molecule has 0 radical (unpaired) electrons. The van der Waals surface area contributed by atoms with Gasteiger partial charge >= 0.3 is 0 Å². The van der Waals surface area contributed by atoms with Gasteiger partial charge in [-0.05, 0) is 30.2 Å². The fraction of sp³-hybridized carbons (Fsp3) is 0.214. The Balaban J connectivity index is 1.87. The van der Waals surface area contributed by atoms with Crippen molar-refractivity contribution in [1.82, 2.24) is 9.97 Å². The SMILES string of the molecule is N#CCc1ccnc(NCCc2ccc(Br)cc2)n1. The smallest absolute Gasteiger partial charge is 0.222 e. The summed E-state index contributed by atoms with van der Waals surface area (Å²) < 4.78 is 1.08. The van der Waals surface area contributed by atoms with E-state index in [4.69, 9.17) is 5.26 Å². The van der Waals surface area contributed by atoms with Gasteiger partial charge in [-0.15, -0.1) is 0 Å². The van der Waals surface area contributed by atoms with Gasteiger partial charge in [0.05, 0.1) is 18.2 Å². The molecule has 1 N–H and O–H groups in total. The summed E-state index contributed by atoms with van der Waals surface area (Å²) in [4.78, 5) is 8.38. The standard InChI is InChI=1S/C14H13BrN4/c15-12-3-1-11(2-4-12)6-9-17-14-18-10-7-13(19-14)5-8-16/h1-4,7,10H,5-6,9H2,(H,17,18,19). The Bertz CT molecular complexity index is 575. The Labute approximate surface area is 120 Å². The van der Waals surface area contributed by atoms with Gasteiger partial charge in [-0.3, -0.25) is 0 Å². The lowest BCUT2D eigenvalue weighted by molar-refractivity contribution is 0.966. The van der Waals surface area contributed by atoms with Crippen LogP contribution < -0.4 is 5.32 Å². The summed E-state index contributed by atoms with van der Waals surface area (Å²) in [6, 6.07) is 12.0. The van der Waals surface area contributed by atoms with Crippen LogP contribution in [0.2, 0.25) is 0 Å².